The number of likely N-dealkylation sites (tertiary alicyclic amines) is 1. The summed E-state index contributed by atoms with van der Waals surface area (Å²) >= 11 is 0. The molecular formula is C22H27F3N6O2Si. The van der Waals surface area contributed by atoms with E-state index in [-0.39, 0.29) is 42.2 Å². The van der Waals surface area contributed by atoms with E-state index in [4.69, 9.17) is 10.5 Å². The predicted molar refractivity (Wildman–Crippen MR) is 123 cm³/mol. The van der Waals surface area contributed by atoms with E-state index in [1.807, 2.05) is 0 Å². The Morgan fingerprint density at radius 3 is 2.76 bits per heavy atom. The van der Waals surface area contributed by atoms with Gasteiger partial charge in [-0.05, 0) is 24.2 Å². The van der Waals surface area contributed by atoms with Crippen molar-refractivity contribution in [2.45, 2.75) is 51.1 Å². The smallest absolute Gasteiger partial charge is 0.275 e. The average Bonchev–Trinajstić information content (AvgIpc) is 3.33. The molecule has 3 aromatic rings. The van der Waals surface area contributed by atoms with E-state index >= 15 is 0 Å². The molecule has 0 aliphatic carbocycles. The fourth-order valence-electron chi connectivity index (χ4n) is 4.01. The van der Waals surface area contributed by atoms with Crippen LogP contribution in [0.2, 0.25) is 25.7 Å². The van der Waals surface area contributed by atoms with E-state index < -0.39 is 37.8 Å². The van der Waals surface area contributed by atoms with Crippen LogP contribution >= 0.6 is 0 Å². The van der Waals surface area contributed by atoms with E-state index in [2.05, 4.69) is 34.7 Å². The number of benzene rings is 1. The van der Waals surface area contributed by atoms with E-state index in [0.29, 0.717) is 12.3 Å². The minimum atomic E-state index is -1.40. The highest BCUT2D eigenvalue weighted by molar-refractivity contribution is 6.76. The number of alkyl halides is 1. The van der Waals surface area contributed by atoms with Crippen molar-refractivity contribution in [1.82, 2.24) is 24.6 Å². The summed E-state index contributed by atoms with van der Waals surface area (Å²) in [6.07, 6.45) is -0.301. The Balaban J connectivity index is 1.67. The standard InChI is InChI=1S/C22H27F3N6O2Si/c1-34(2,3)7-6-33-12-31-21-18(20(26)27-11-28-21)19(29-31)22(32)30-10-14(24)9-17(30)15-8-13(23)4-5-16(15)25/h4-5,8,11,14,17H,6-7,9-10,12H2,1-3H3,(H2,26,27,28)/t14-,17+/m0/s1. The van der Waals surface area contributed by atoms with E-state index in [1.165, 1.54) is 11.0 Å². The summed E-state index contributed by atoms with van der Waals surface area (Å²) in [4.78, 5) is 22.9. The Kier molecular flexibility index (Phi) is 6.63. The van der Waals surface area contributed by atoms with Crippen LogP contribution in [0.1, 0.15) is 28.5 Å². The Bertz CT molecular complexity index is 1220. The maximum Gasteiger partial charge on any atom is 0.275 e. The first kappa shape index (κ1) is 24.1. The molecule has 4 rings (SSSR count). The minimum absolute atomic E-state index is 0.0335. The first-order valence-electron chi connectivity index (χ1n) is 11.0. The van der Waals surface area contributed by atoms with Crippen LogP contribution in [0.5, 0.6) is 0 Å². The van der Waals surface area contributed by atoms with Gasteiger partial charge in [0.1, 0.15) is 36.7 Å². The summed E-state index contributed by atoms with van der Waals surface area (Å²) in [5, 5.41) is 4.57. The average molecular weight is 493 g/mol. The maximum atomic E-state index is 14.5. The van der Waals surface area contributed by atoms with Crippen molar-refractivity contribution in [3.05, 3.63) is 47.4 Å². The van der Waals surface area contributed by atoms with Gasteiger partial charge < -0.3 is 15.4 Å². The van der Waals surface area contributed by atoms with Crippen molar-refractivity contribution in [3.8, 4) is 0 Å². The van der Waals surface area contributed by atoms with Gasteiger partial charge in [-0.25, -0.2) is 27.8 Å². The molecule has 2 aromatic heterocycles. The van der Waals surface area contributed by atoms with Gasteiger partial charge >= 0.3 is 0 Å². The summed E-state index contributed by atoms with van der Waals surface area (Å²) < 4.78 is 49.9. The number of aromatic nitrogens is 4. The van der Waals surface area contributed by atoms with Crippen molar-refractivity contribution >= 4 is 30.8 Å². The Hall–Kier alpha value is -2.99. The second-order valence-corrected chi connectivity index (χ2v) is 15.2. The lowest BCUT2D eigenvalue weighted by Crippen LogP contribution is -2.32. The molecule has 0 unspecified atom stereocenters. The van der Waals surface area contributed by atoms with Gasteiger partial charge in [-0.2, -0.15) is 5.10 Å². The molecule has 12 heteroatoms. The number of ether oxygens (including phenoxy) is 1. The van der Waals surface area contributed by atoms with Gasteiger partial charge in [0, 0.05) is 26.7 Å². The molecular weight excluding hydrogens is 465 g/mol. The number of amides is 1. The predicted octanol–water partition coefficient (Wildman–Crippen LogP) is 3.92. The third-order valence-electron chi connectivity index (χ3n) is 5.80. The van der Waals surface area contributed by atoms with Crippen molar-refractivity contribution in [2.24, 2.45) is 0 Å². The number of carbonyl (C=O) groups excluding carboxylic acids is 1. The van der Waals surface area contributed by atoms with E-state index in [1.54, 1.807) is 0 Å². The molecule has 0 radical (unpaired) electrons. The minimum Gasteiger partial charge on any atom is -0.383 e. The summed E-state index contributed by atoms with van der Waals surface area (Å²) in [6.45, 7) is 6.98. The largest absolute Gasteiger partial charge is 0.383 e. The second-order valence-electron chi connectivity index (χ2n) is 9.63. The summed E-state index contributed by atoms with van der Waals surface area (Å²) in [5.41, 5.74) is 6.17. The van der Waals surface area contributed by atoms with Crippen LogP contribution in [0, 0.1) is 11.6 Å². The topological polar surface area (TPSA) is 99.2 Å². The lowest BCUT2D eigenvalue weighted by Gasteiger charge is -2.24. The maximum absolute atomic E-state index is 14.5. The number of nitrogen functional groups attached to an aromatic ring is 1. The van der Waals surface area contributed by atoms with Gasteiger partial charge in [0.15, 0.2) is 11.3 Å². The molecule has 1 aliphatic rings. The highest BCUT2D eigenvalue weighted by Crippen LogP contribution is 2.37. The zero-order valence-electron chi connectivity index (χ0n) is 19.3. The second kappa shape index (κ2) is 9.33. The fourth-order valence-corrected chi connectivity index (χ4v) is 4.77. The van der Waals surface area contributed by atoms with Crippen molar-refractivity contribution in [3.63, 3.8) is 0 Å². The number of hydrogen-bond acceptors (Lipinski definition) is 6. The third-order valence-corrected chi connectivity index (χ3v) is 7.50. The van der Waals surface area contributed by atoms with Crippen molar-refractivity contribution < 1.29 is 22.7 Å². The van der Waals surface area contributed by atoms with E-state index in [9.17, 15) is 18.0 Å². The molecule has 0 bridgehead atoms. The molecule has 2 atom stereocenters. The van der Waals surface area contributed by atoms with Crippen LogP contribution in [0.25, 0.3) is 11.0 Å². The van der Waals surface area contributed by atoms with Crippen molar-refractivity contribution in [1.29, 1.82) is 0 Å². The number of carbonyl (C=O) groups is 1. The molecule has 0 saturated carbocycles. The summed E-state index contributed by atoms with van der Waals surface area (Å²) in [7, 11) is -1.30. The molecule has 2 N–H and O–H groups in total. The monoisotopic (exact) mass is 492 g/mol. The highest BCUT2D eigenvalue weighted by atomic mass is 28.3. The fraction of sp³-hybridized carbons (Fsp3) is 0.455. The number of halogens is 3. The zero-order chi connectivity index (χ0) is 24.6. The number of nitrogens with zero attached hydrogens (tertiary/aromatic N) is 5. The van der Waals surface area contributed by atoms with Crippen LogP contribution in [0.15, 0.2) is 24.5 Å². The van der Waals surface area contributed by atoms with Gasteiger partial charge in [-0.1, -0.05) is 19.6 Å². The van der Waals surface area contributed by atoms with Crippen LogP contribution in [-0.2, 0) is 11.5 Å². The molecule has 1 saturated heterocycles. The molecule has 1 amide bonds. The number of hydrogen-bond donors (Lipinski definition) is 1. The van der Waals surface area contributed by atoms with Gasteiger partial charge in [-0.3, -0.25) is 4.79 Å². The summed E-state index contributed by atoms with van der Waals surface area (Å²) in [6, 6.07) is 2.88. The molecule has 1 aliphatic heterocycles. The lowest BCUT2D eigenvalue weighted by atomic mass is 10.0. The Labute approximate surface area is 195 Å². The molecule has 1 aromatic carbocycles. The molecule has 8 nitrogen and oxygen atoms in total. The first-order valence-corrected chi connectivity index (χ1v) is 14.7. The quantitative estimate of drug-likeness (QED) is 0.396. The third kappa shape index (κ3) is 4.92. The van der Waals surface area contributed by atoms with Gasteiger partial charge in [0.05, 0.1) is 18.0 Å². The molecule has 0 spiro atoms. The Morgan fingerprint density at radius 1 is 1.26 bits per heavy atom. The Morgan fingerprint density at radius 2 is 2.03 bits per heavy atom. The summed E-state index contributed by atoms with van der Waals surface area (Å²) in [5.74, 6) is -2.02. The van der Waals surface area contributed by atoms with Crippen LogP contribution < -0.4 is 5.73 Å². The van der Waals surface area contributed by atoms with Crippen LogP contribution in [-0.4, -0.2) is 58.0 Å². The zero-order valence-corrected chi connectivity index (χ0v) is 20.3. The van der Waals surface area contributed by atoms with Gasteiger partial charge in [-0.15, -0.1) is 0 Å². The first-order chi connectivity index (χ1) is 16.0. The number of anilines is 1. The number of rotatable bonds is 7. The molecule has 3 heterocycles. The molecule has 182 valence electrons. The molecule has 1 fully saturated rings. The van der Waals surface area contributed by atoms with Crippen molar-refractivity contribution in [2.75, 3.05) is 18.9 Å². The normalized spacial score (nSPS) is 18.7. The van der Waals surface area contributed by atoms with Crippen LogP contribution in [0.3, 0.4) is 0 Å². The van der Waals surface area contributed by atoms with Gasteiger partial charge in [0.25, 0.3) is 5.91 Å². The van der Waals surface area contributed by atoms with Gasteiger partial charge in [0.2, 0.25) is 0 Å². The molecule has 34 heavy (non-hydrogen) atoms. The van der Waals surface area contributed by atoms with Crippen LogP contribution in [0.4, 0.5) is 19.0 Å². The number of fused-ring (bicyclic) bond motifs is 1. The van der Waals surface area contributed by atoms with E-state index in [0.717, 1.165) is 29.1 Å². The number of nitrogens with two attached hydrogens (primary N) is 1. The highest BCUT2D eigenvalue weighted by Gasteiger charge is 2.40. The SMILES string of the molecule is C[Si](C)(C)CCOCn1nc(C(=O)N2C[C@@H](F)C[C@@H]2c2cc(F)ccc2F)c2c(N)ncnc21. The lowest BCUT2D eigenvalue weighted by molar-refractivity contribution is 0.0702.